The van der Waals surface area contributed by atoms with Gasteiger partial charge in [-0.25, -0.2) is 4.79 Å². The van der Waals surface area contributed by atoms with Crippen LogP contribution in [0, 0.1) is 0 Å². The fourth-order valence-corrected chi connectivity index (χ4v) is 2.53. The normalized spacial score (nSPS) is 10.2. The molecular formula is C21H27N3O4. The number of carbonyl (C=O) groups is 2. The van der Waals surface area contributed by atoms with Crippen molar-refractivity contribution in [3.63, 3.8) is 0 Å². The minimum atomic E-state index is -0.265. The quantitative estimate of drug-likeness (QED) is 0.548. The second kappa shape index (κ2) is 11.6. The zero-order chi connectivity index (χ0) is 20.2. The summed E-state index contributed by atoms with van der Waals surface area (Å²) < 4.78 is 10.0. The molecule has 28 heavy (non-hydrogen) atoms. The fraction of sp³-hybridized carbons (Fsp3) is 0.333. The minimum Gasteiger partial charge on any atom is -0.497 e. The maximum absolute atomic E-state index is 12.0. The number of hydrogen-bond donors (Lipinski definition) is 3. The van der Waals surface area contributed by atoms with E-state index in [-0.39, 0.29) is 18.4 Å². The molecule has 2 aromatic rings. The molecule has 0 aliphatic carbocycles. The Labute approximate surface area is 165 Å². The molecule has 0 saturated carbocycles. The first-order valence-corrected chi connectivity index (χ1v) is 9.13. The van der Waals surface area contributed by atoms with Gasteiger partial charge in [0.2, 0.25) is 5.91 Å². The smallest absolute Gasteiger partial charge is 0.319 e. The van der Waals surface area contributed by atoms with Crippen molar-refractivity contribution in [3.05, 3.63) is 59.7 Å². The number of urea groups is 1. The van der Waals surface area contributed by atoms with Crippen molar-refractivity contribution in [1.29, 1.82) is 0 Å². The van der Waals surface area contributed by atoms with Crippen LogP contribution in [-0.4, -0.2) is 45.9 Å². The molecule has 0 aromatic heterocycles. The number of amides is 3. The van der Waals surface area contributed by atoms with Gasteiger partial charge in [0.15, 0.2) is 0 Å². The molecule has 0 bridgehead atoms. The van der Waals surface area contributed by atoms with E-state index in [2.05, 4.69) is 16.0 Å². The van der Waals surface area contributed by atoms with Crippen molar-refractivity contribution in [1.82, 2.24) is 10.6 Å². The number of ether oxygens (including phenoxy) is 2. The van der Waals surface area contributed by atoms with Crippen LogP contribution in [0.3, 0.4) is 0 Å². The second-order valence-corrected chi connectivity index (χ2v) is 6.20. The number of methoxy groups -OCH3 is 2. The maximum atomic E-state index is 12.0. The van der Waals surface area contributed by atoms with Gasteiger partial charge in [0, 0.05) is 25.9 Å². The molecule has 0 atom stereocenters. The maximum Gasteiger partial charge on any atom is 0.319 e. The summed E-state index contributed by atoms with van der Waals surface area (Å²) in [6, 6.07) is 14.7. The van der Waals surface area contributed by atoms with Gasteiger partial charge in [-0.3, -0.25) is 4.79 Å². The second-order valence-electron chi connectivity index (χ2n) is 6.20. The molecule has 7 nitrogen and oxygen atoms in total. The molecular weight excluding hydrogens is 358 g/mol. The van der Waals surface area contributed by atoms with Crippen molar-refractivity contribution < 1.29 is 19.1 Å². The summed E-state index contributed by atoms with van der Waals surface area (Å²) in [7, 11) is 3.22. The van der Waals surface area contributed by atoms with E-state index in [1.165, 1.54) is 0 Å². The molecule has 2 rings (SSSR count). The minimum absolute atomic E-state index is 0.0611. The van der Waals surface area contributed by atoms with Crippen molar-refractivity contribution in [2.45, 2.75) is 12.8 Å². The lowest BCUT2D eigenvalue weighted by atomic mass is 10.1. The van der Waals surface area contributed by atoms with Crippen LogP contribution in [0.2, 0.25) is 0 Å². The molecule has 0 heterocycles. The Hall–Kier alpha value is -3.06. The first kappa shape index (κ1) is 21.2. The van der Waals surface area contributed by atoms with E-state index in [9.17, 15) is 9.59 Å². The number of nitrogens with one attached hydrogen (secondary N) is 3. The number of benzene rings is 2. The van der Waals surface area contributed by atoms with Crippen LogP contribution in [0.25, 0.3) is 0 Å². The molecule has 7 heteroatoms. The van der Waals surface area contributed by atoms with Crippen LogP contribution >= 0.6 is 0 Å². The Balaban J connectivity index is 1.70. The van der Waals surface area contributed by atoms with Gasteiger partial charge in [-0.1, -0.05) is 24.3 Å². The predicted octanol–water partition coefficient (Wildman–Crippen LogP) is 2.36. The monoisotopic (exact) mass is 385 g/mol. The fourth-order valence-electron chi connectivity index (χ4n) is 2.53. The molecule has 2 aromatic carbocycles. The van der Waals surface area contributed by atoms with Crippen molar-refractivity contribution in [2.75, 3.05) is 39.2 Å². The first-order valence-electron chi connectivity index (χ1n) is 9.13. The molecule has 0 radical (unpaired) electrons. The number of rotatable bonds is 10. The SMILES string of the molecule is COCCNC(=O)Cc1ccc(NC(=O)NCCc2ccc(OC)cc2)cc1. The lowest BCUT2D eigenvalue weighted by Gasteiger charge is -2.09. The number of hydrogen-bond acceptors (Lipinski definition) is 4. The summed E-state index contributed by atoms with van der Waals surface area (Å²) in [6.07, 6.45) is 1.02. The highest BCUT2D eigenvalue weighted by Crippen LogP contribution is 2.12. The van der Waals surface area contributed by atoms with E-state index in [0.29, 0.717) is 25.4 Å². The molecule has 3 N–H and O–H groups in total. The highest BCUT2D eigenvalue weighted by molar-refractivity contribution is 5.89. The van der Waals surface area contributed by atoms with E-state index >= 15 is 0 Å². The zero-order valence-electron chi connectivity index (χ0n) is 16.3. The molecule has 0 aliphatic heterocycles. The predicted molar refractivity (Wildman–Crippen MR) is 109 cm³/mol. The van der Waals surface area contributed by atoms with Gasteiger partial charge in [-0.2, -0.15) is 0 Å². The van der Waals surface area contributed by atoms with Gasteiger partial charge in [0.1, 0.15) is 5.75 Å². The summed E-state index contributed by atoms with van der Waals surface area (Å²) in [5.74, 6) is 0.749. The Morgan fingerprint density at radius 1 is 0.857 bits per heavy atom. The van der Waals surface area contributed by atoms with Crippen LogP contribution in [0.4, 0.5) is 10.5 Å². The number of anilines is 1. The van der Waals surface area contributed by atoms with E-state index in [0.717, 1.165) is 23.3 Å². The van der Waals surface area contributed by atoms with Gasteiger partial charge in [-0.15, -0.1) is 0 Å². The number of carbonyl (C=O) groups excluding carboxylic acids is 2. The Morgan fingerprint density at radius 3 is 2.18 bits per heavy atom. The topological polar surface area (TPSA) is 88.7 Å². The summed E-state index contributed by atoms with van der Waals surface area (Å²) in [5, 5.41) is 8.38. The highest BCUT2D eigenvalue weighted by Gasteiger charge is 2.05. The van der Waals surface area contributed by atoms with Crippen LogP contribution in [0.15, 0.2) is 48.5 Å². The average Bonchev–Trinajstić information content (AvgIpc) is 2.70. The van der Waals surface area contributed by atoms with Crippen molar-refractivity contribution >= 4 is 17.6 Å². The Morgan fingerprint density at radius 2 is 1.54 bits per heavy atom. The third kappa shape index (κ3) is 7.67. The standard InChI is InChI=1S/C21H27N3O4/c1-27-14-13-22-20(25)15-17-3-7-18(8-4-17)24-21(26)23-12-11-16-5-9-19(28-2)10-6-16/h3-10H,11-15H2,1-2H3,(H,22,25)(H2,23,24,26). The summed E-state index contributed by atoms with van der Waals surface area (Å²) in [5.41, 5.74) is 2.67. The largest absolute Gasteiger partial charge is 0.497 e. The van der Waals surface area contributed by atoms with Crippen LogP contribution < -0.4 is 20.7 Å². The van der Waals surface area contributed by atoms with Gasteiger partial charge >= 0.3 is 6.03 Å². The third-order valence-corrected chi connectivity index (χ3v) is 4.06. The molecule has 0 spiro atoms. The Kier molecular flexibility index (Phi) is 8.81. The Bertz CT molecular complexity index is 745. The average molecular weight is 385 g/mol. The summed E-state index contributed by atoms with van der Waals surface area (Å²) >= 11 is 0. The van der Waals surface area contributed by atoms with Crippen molar-refractivity contribution in [3.8, 4) is 5.75 Å². The van der Waals surface area contributed by atoms with Gasteiger partial charge in [0.05, 0.1) is 20.1 Å². The van der Waals surface area contributed by atoms with Gasteiger partial charge in [0.25, 0.3) is 0 Å². The van der Waals surface area contributed by atoms with Gasteiger partial charge < -0.3 is 25.4 Å². The molecule has 0 saturated heterocycles. The lowest BCUT2D eigenvalue weighted by Crippen LogP contribution is -2.30. The lowest BCUT2D eigenvalue weighted by molar-refractivity contribution is -0.120. The van der Waals surface area contributed by atoms with Crippen LogP contribution in [0.1, 0.15) is 11.1 Å². The third-order valence-electron chi connectivity index (χ3n) is 4.06. The molecule has 150 valence electrons. The molecule has 0 unspecified atom stereocenters. The van der Waals surface area contributed by atoms with E-state index in [1.807, 2.05) is 36.4 Å². The van der Waals surface area contributed by atoms with Crippen molar-refractivity contribution in [2.24, 2.45) is 0 Å². The molecule has 3 amide bonds. The summed E-state index contributed by atoms with van der Waals surface area (Å²) in [6.45, 7) is 1.51. The van der Waals surface area contributed by atoms with Gasteiger partial charge in [-0.05, 0) is 41.8 Å². The summed E-state index contributed by atoms with van der Waals surface area (Å²) in [4.78, 5) is 23.8. The molecule has 0 aliphatic rings. The van der Waals surface area contributed by atoms with E-state index in [4.69, 9.17) is 9.47 Å². The van der Waals surface area contributed by atoms with Crippen LogP contribution in [-0.2, 0) is 22.4 Å². The van der Waals surface area contributed by atoms with Crippen LogP contribution in [0.5, 0.6) is 5.75 Å². The first-order chi connectivity index (χ1) is 13.6. The van der Waals surface area contributed by atoms with E-state index < -0.39 is 0 Å². The highest BCUT2D eigenvalue weighted by atomic mass is 16.5. The molecule has 0 fully saturated rings. The van der Waals surface area contributed by atoms with E-state index in [1.54, 1.807) is 26.4 Å². The zero-order valence-corrected chi connectivity index (χ0v) is 16.3.